The maximum absolute atomic E-state index is 11.6. The van der Waals surface area contributed by atoms with Crippen molar-refractivity contribution in [2.24, 2.45) is 11.8 Å². The lowest BCUT2D eigenvalue weighted by atomic mass is 9.92. The Balaban J connectivity index is 4.43. The number of nitriles is 1. The standard InChI is InChI=1S/C11H18N2O2/c1-4-6-13-11(15)9(7-12)10(14)8(3)5-2/h8-9H,4-6H2,1-3H3,(H,13,15). The molecule has 0 heterocycles. The minimum atomic E-state index is -1.15. The molecule has 4 heteroatoms. The number of nitrogens with zero attached hydrogens (tertiary/aromatic N) is 1. The minimum absolute atomic E-state index is 0.234. The van der Waals surface area contributed by atoms with E-state index < -0.39 is 11.8 Å². The van der Waals surface area contributed by atoms with E-state index >= 15 is 0 Å². The summed E-state index contributed by atoms with van der Waals surface area (Å²) >= 11 is 0. The lowest BCUT2D eigenvalue weighted by Crippen LogP contribution is -2.37. The van der Waals surface area contributed by atoms with Crippen LogP contribution in [0.15, 0.2) is 0 Å². The second-order valence-electron chi connectivity index (χ2n) is 3.56. The molecule has 15 heavy (non-hydrogen) atoms. The van der Waals surface area contributed by atoms with Gasteiger partial charge in [-0.25, -0.2) is 0 Å². The van der Waals surface area contributed by atoms with Gasteiger partial charge in [0.2, 0.25) is 5.91 Å². The van der Waals surface area contributed by atoms with Gasteiger partial charge in [0.1, 0.15) is 0 Å². The van der Waals surface area contributed by atoms with Crippen molar-refractivity contribution in [1.29, 1.82) is 5.26 Å². The van der Waals surface area contributed by atoms with Crippen LogP contribution < -0.4 is 5.32 Å². The Bertz CT molecular complexity index is 268. The molecule has 0 bridgehead atoms. The van der Waals surface area contributed by atoms with E-state index in [0.29, 0.717) is 13.0 Å². The maximum Gasteiger partial charge on any atom is 0.245 e. The first-order valence-electron chi connectivity index (χ1n) is 5.29. The average Bonchev–Trinajstić information content (AvgIpc) is 2.25. The summed E-state index contributed by atoms with van der Waals surface area (Å²) in [5, 5.41) is 11.3. The number of amides is 1. The molecule has 0 saturated carbocycles. The molecular formula is C11H18N2O2. The lowest BCUT2D eigenvalue weighted by Gasteiger charge is -2.12. The van der Waals surface area contributed by atoms with Crippen molar-refractivity contribution in [1.82, 2.24) is 5.32 Å². The summed E-state index contributed by atoms with van der Waals surface area (Å²) in [4.78, 5) is 23.1. The zero-order valence-corrected chi connectivity index (χ0v) is 9.54. The Kier molecular flexibility index (Phi) is 6.35. The maximum atomic E-state index is 11.6. The number of Topliss-reactive ketones (excluding diaryl/α,β-unsaturated/α-hetero) is 1. The molecule has 0 radical (unpaired) electrons. The highest BCUT2D eigenvalue weighted by Gasteiger charge is 2.28. The molecule has 1 N–H and O–H groups in total. The largest absolute Gasteiger partial charge is 0.355 e. The minimum Gasteiger partial charge on any atom is -0.355 e. The molecule has 84 valence electrons. The summed E-state index contributed by atoms with van der Waals surface area (Å²) in [7, 11) is 0. The van der Waals surface area contributed by atoms with Crippen molar-refractivity contribution in [2.45, 2.75) is 33.6 Å². The fraction of sp³-hybridized carbons (Fsp3) is 0.727. The molecule has 0 aromatic heterocycles. The lowest BCUT2D eigenvalue weighted by molar-refractivity contribution is -0.133. The first-order valence-corrected chi connectivity index (χ1v) is 5.29. The van der Waals surface area contributed by atoms with Crippen molar-refractivity contribution in [3.63, 3.8) is 0 Å². The summed E-state index contributed by atoms with van der Waals surface area (Å²) in [6.45, 7) is 6.02. The molecule has 0 rings (SSSR count). The Labute approximate surface area is 90.7 Å². The van der Waals surface area contributed by atoms with Gasteiger partial charge in [0.25, 0.3) is 0 Å². The summed E-state index contributed by atoms with van der Waals surface area (Å²) in [5.41, 5.74) is 0. The van der Waals surface area contributed by atoms with Gasteiger partial charge in [0.15, 0.2) is 11.7 Å². The van der Waals surface area contributed by atoms with Crippen molar-refractivity contribution in [3.8, 4) is 6.07 Å². The molecular weight excluding hydrogens is 192 g/mol. The average molecular weight is 210 g/mol. The normalized spacial score (nSPS) is 13.7. The molecule has 0 aliphatic rings. The van der Waals surface area contributed by atoms with Gasteiger partial charge in [-0.2, -0.15) is 5.26 Å². The van der Waals surface area contributed by atoms with E-state index in [9.17, 15) is 9.59 Å². The first kappa shape index (κ1) is 13.6. The number of hydrogen-bond acceptors (Lipinski definition) is 3. The van der Waals surface area contributed by atoms with E-state index in [0.717, 1.165) is 6.42 Å². The smallest absolute Gasteiger partial charge is 0.245 e. The fourth-order valence-electron chi connectivity index (χ4n) is 1.09. The van der Waals surface area contributed by atoms with Crippen LogP contribution in [-0.4, -0.2) is 18.2 Å². The third kappa shape index (κ3) is 4.11. The van der Waals surface area contributed by atoms with Gasteiger partial charge < -0.3 is 5.32 Å². The quantitative estimate of drug-likeness (QED) is 0.671. The van der Waals surface area contributed by atoms with E-state index in [1.807, 2.05) is 13.8 Å². The van der Waals surface area contributed by atoms with Crippen LogP contribution in [0.2, 0.25) is 0 Å². The number of carbonyl (C=O) groups is 2. The van der Waals surface area contributed by atoms with E-state index in [1.165, 1.54) is 0 Å². The van der Waals surface area contributed by atoms with E-state index in [4.69, 9.17) is 5.26 Å². The molecule has 0 aliphatic carbocycles. The highest BCUT2D eigenvalue weighted by molar-refractivity contribution is 6.04. The molecule has 2 atom stereocenters. The predicted molar refractivity (Wildman–Crippen MR) is 56.9 cm³/mol. The van der Waals surface area contributed by atoms with Crippen molar-refractivity contribution >= 4 is 11.7 Å². The third-order valence-corrected chi connectivity index (χ3v) is 2.32. The molecule has 0 spiro atoms. The van der Waals surface area contributed by atoms with Gasteiger partial charge in [-0.3, -0.25) is 9.59 Å². The van der Waals surface area contributed by atoms with Crippen molar-refractivity contribution in [2.75, 3.05) is 6.54 Å². The SMILES string of the molecule is CCCNC(=O)C(C#N)C(=O)C(C)CC. The highest BCUT2D eigenvalue weighted by Crippen LogP contribution is 2.10. The van der Waals surface area contributed by atoms with Gasteiger partial charge in [-0.05, 0) is 12.8 Å². The van der Waals surface area contributed by atoms with Crippen LogP contribution in [-0.2, 0) is 9.59 Å². The monoisotopic (exact) mass is 210 g/mol. The second kappa shape index (κ2) is 6.99. The molecule has 2 unspecified atom stereocenters. The zero-order valence-electron chi connectivity index (χ0n) is 9.54. The Morgan fingerprint density at radius 3 is 2.40 bits per heavy atom. The Morgan fingerprint density at radius 1 is 1.40 bits per heavy atom. The fourth-order valence-corrected chi connectivity index (χ4v) is 1.09. The summed E-state index contributed by atoms with van der Waals surface area (Å²) in [5.74, 6) is -2.13. The zero-order chi connectivity index (χ0) is 11.8. The Morgan fingerprint density at radius 2 is 2.00 bits per heavy atom. The highest BCUT2D eigenvalue weighted by atomic mass is 16.2. The van der Waals surface area contributed by atoms with Crippen LogP contribution in [0, 0.1) is 23.2 Å². The van der Waals surface area contributed by atoms with Crippen LogP contribution in [0.1, 0.15) is 33.6 Å². The van der Waals surface area contributed by atoms with Crippen molar-refractivity contribution in [3.05, 3.63) is 0 Å². The third-order valence-electron chi connectivity index (χ3n) is 2.32. The van der Waals surface area contributed by atoms with Crippen LogP contribution in [0.3, 0.4) is 0 Å². The second-order valence-corrected chi connectivity index (χ2v) is 3.56. The summed E-state index contributed by atoms with van der Waals surface area (Å²) in [6.07, 6.45) is 1.44. The predicted octanol–water partition coefficient (Wildman–Crippen LogP) is 1.27. The topological polar surface area (TPSA) is 70.0 Å². The number of hydrogen-bond donors (Lipinski definition) is 1. The molecule has 0 saturated heterocycles. The molecule has 0 aromatic rings. The number of rotatable bonds is 6. The number of ketones is 1. The number of carbonyl (C=O) groups excluding carboxylic acids is 2. The molecule has 1 amide bonds. The van der Waals surface area contributed by atoms with E-state index in [1.54, 1.807) is 13.0 Å². The van der Waals surface area contributed by atoms with Crippen LogP contribution in [0.25, 0.3) is 0 Å². The van der Waals surface area contributed by atoms with Gasteiger partial charge >= 0.3 is 0 Å². The van der Waals surface area contributed by atoms with Crippen LogP contribution >= 0.6 is 0 Å². The van der Waals surface area contributed by atoms with Crippen LogP contribution in [0.5, 0.6) is 0 Å². The molecule has 0 aromatic carbocycles. The molecule has 0 aliphatic heterocycles. The van der Waals surface area contributed by atoms with E-state index in [-0.39, 0.29) is 11.7 Å². The van der Waals surface area contributed by atoms with Gasteiger partial charge in [-0.15, -0.1) is 0 Å². The van der Waals surface area contributed by atoms with Gasteiger partial charge in [0.05, 0.1) is 6.07 Å². The van der Waals surface area contributed by atoms with Gasteiger partial charge in [0, 0.05) is 12.5 Å². The van der Waals surface area contributed by atoms with Gasteiger partial charge in [-0.1, -0.05) is 20.8 Å². The van der Waals surface area contributed by atoms with Crippen molar-refractivity contribution < 1.29 is 9.59 Å². The molecule has 0 fully saturated rings. The summed E-state index contributed by atoms with van der Waals surface area (Å²) < 4.78 is 0. The van der Waals surface area contributed by atoms with Crippen LogP contribution in [0.4, 0.5) is 0 Å². The number of nitrogens with one attached hydrogen (secondary N) is 1. The van der Waals surface area contributed by atoms with E-state index in [2.05, 4.69) is 5.32 Å². The summed E-state index contributed by atoms with van der Waals surface area (Å²) in [6, 6.07) is 1.76. The Hall–Kier alpha value is -1.37. The molecule has 4 nitrogen and oxygen atoms in total. The first-order chi connectivity index (χ1) is 7.08.